The molecule has 1 aliphatic heterocycles. The standard InChI is InChI=1S/C17H27NO2/c1-13-4-3-5-16(10-13)17(19)12-18-14(2)11-15-6-8-20-9-7-15/h3-5,10,14-15,17-19H,6-9,11-12H2,1-2H3/t14-,17-/m0/s1. The Morgan fingerprint density at radius 3 is 2.80 bits per heavy atom. The van der Waals surface area contributed by atoms with Crippen LogP contribution in [0.1, 0.15) is 43.4 Å². The summed E-state index contributed by atoms with van der Waals surface area (Å²) in [6, 6.07) is 8.53. The maximum Gasteiger partial charge on any atom is 0.0914 e. The fourth-order valence-corrected chi connectivity index (χ4v) is 2.87. The molecule has 0 unspecified atom stereocenters. The number of rotatable bonds is 6. The molecule has 112 valence electrons. The summed E-state index contributed by atoms with van der Waals surface area (Å²) in [5, 5.41) is 13.7. The normalized spacial score (nSPS) is 19.8. The lowest BCUT2D eigenvalue weighted by Gasteiger charge is -2.26. The molecule has 2 rings (SSSR count). The molecule has 0 aliphatic carbocycles. The van der Waals surface area contributed by atoms with E-state index in [9.17, 15) is 5.11 Å². The van der Waals surface area contributed by atoms with Crippen molar-refractivity contribution in [3.8, 4) is 0 Å². The zero-order chi connectivity index (χ0) is 14.4. The predicted octanol–water partition coefficient (Wildman–Crippen LogP) is 2.82. The minimum absolute atomic E-state index is 0.424. The van der Waals surface area contributed by atoms with E-state index in [2.05, 4.69) is 31.3 Å². The summed E-state index contributed by atoms with van der Waals surface area (Å²) in [7, 11) is 0. The van der Waals surface area contributed by atoms with Crippen molar-refractivity contribution in [2.24, 2.45) is 5.92 Å². The summed E-state index contributed by atoms with van der Waals surface area (Å²) in [6.45, 7) is 6.69. The Morgan fingerprint density at radius 1 is 1.35 bits per heavy atom. The van der Waals surface area contributed by atoms with Crippen molar-refractivity contribution in [1.29, 1.82) is 0 Å². The van der Waals surface area contributed by atoms with Gasteiger partial charge < -0.3 is 15.2 Å². The summed E-state index contributed by atoms with van der Waals surface area (Å²) in [6.07, 6.45) is 3.09. The van der Waals surface area contributed by atoms with E-state index in [0.717, 1.165) is 24.7 Å². The van der Waals surface area contributed by atoms with E-state index < -0.39 is 6.10 Å². The number of hydrogen-bond donors (Lipinski definition) is 2. The molecule has 0 saturated carbocycles. The Bertz CT molecular complexity index is 402. The Hall–Kier alpha value is -0.900. The highest BCUT2D eigenvalue weighted by molar-refractivity contribution is 5.24. The van der Waals surface area contributed by atoms with Gasteiger partial charge in [0.25, 0.3) is 0 Å². The molecule has 3 heteroatoms. The van der Waals surface area contributed by atoms with Gasteiger partial charge in [-0.25, -0.2) is 0 Å². The topological polar surface area (TPSA) is 41.5 Å². The number of hydrogen-bond acceptors (Lipinski definition) is 3. The summed E-state index contributed by atoms with van der Waals surface area (Å²) >= 11 is 0. The van der Waals surface area contributed by atoms with Crippen LogP contribution in [0.2, 0.25) is 0 Å². The molecular formula is C17H27NO2. The molecule has 1 heterocycles. The maximum atomic E-state index is 10.2. The fraction of sp³-hybridized carbons (Fsp3) is 0.647. The Kier molecular flexibility index (Phi) is 6.02. The number of aryl methyl sites for hydroxylation is 1. The van der Waals surface area contributed by atoms with Crippen molar-refractivity contribution in [1.82, 2.24) is 5.32 Å². The minimum Gasteiger partial charge on any atom is -0.387 e. The van der Waals surface area contributed by atoms with Crippen molar-refractivity contribution >= 4 is 0 Å². The molecule has 20 heavy (non-hydrogen) atoms. The highest BCUT2D eigenvalue weighted by Gasteiger charge is 2.17. The molecule has 1 aromatic rings. The summed E-state index contributed by atoms with van der Waals surface area (Å²) in [4.78, 5) is 0. The summed E-state index contributed by atoms with van der Waals surface area (Å²) < 4.78 is 5.39. The second-order valence-corrected chi connectivity index (χ2v) is 6.03. The molecule has 1 aromatic carbocycles. The Balaban J connectivity index is 1.73. The van der Waals surface area contributed by atoms with E-state index >= 15 is 0 Å². The molecule has 1 saturated heterocycles. The molecule has 0 amide bonds. The van der Waals surface area contributed by atoms with Crippen LogP contribution in [0.3, 0.4) is 0 Å². The van der Waals surface area contributed by atoms with Crippen LogP contribution in [0.5, 0.6) is 0 Å². The van der Waals surface area contributed by atoms with Crippen molar-refractivity contribution in [2.75, 3.05) is 19.8 Å². The van der Waals surface area contributed by atoms with Gasteiger partial charge in [0.2, 0.25) is 0 Å². The van der Waals surface area contributed by atoms with Crippen LogP contribution in [0, 0.1) is 12.8 Å². The third-order valence-electron chi connectivity index (χ3n) is 4.11. The van der Waals surface area contributed by atoms with Crippen LogP contribution in [0.4, 0.5) is 0 Å². The second kappa shape index (κ2) is 7.77. The second-order valence-electron chi connectivity index (χ2n) is 6.03. The van der Waals surface area contributed by atoms with Crippen LogP contribution < -0.4 is 5.32 Å². The quantitative estimate of drug-likeness (QED) is 0.840. The molecule has 3 nitrogen and oxygen atoms in total. The Labute approximate surface area is 122 Å². The van der Waals surface area contributed by atoms with E-state index in [4.69, 9.17) is 4.74 Å². The molecule has 2 atom stereocenters. The van der Waals surface area contributed by atoms with E-state index in [1.54, 1.807) is 0 Å². The van der Waals surface area contributed by atoms with Gasteiger partial charge in [0.1, 0.15) is 0 Å². The van der Waals surface area contributed by atoms with Gasteiger partial charge in [0, 0.05) is 25.8 Å². The van der Waals surface area contributed by atoms with Crippen LogP contribution in [-0.2, 0) is 4.74 Å². The molecule has 0 spiro atoms. The van der Waals surface area contributed by atoms with Gasteiger partial charge >= 0.3 is 0 Å². The lowest BCUT2D eigenvalue weighted by atomic mass is 9.93. The number of aliphatic hydroxyl groups is 1. The van der Waals surface area contributed by atoms with Crippen molar-refractivity contribution < 1.29 is 9.84 Å². The zero-order valence-electron chi connectivity index (χ0n) is 12.6. The third kappa shape index (κ3) is 4.89. The zero-order valence-corrected chi connectivity index (χ0v) is 12.6. The first-order valence-electron chi connectivity index (χ1n) is 7.71. The van der Waals surface area contributed by atoms with Crippen LogP contribution in [0.25, 0.3) is 0 Å². The van der Waals surface area contributed by atoms with Gasteiger partial charge in [-0.2, -0.15) is 0 Å². The highest BCUT2D eigenvalue weighted by Crippen LogP contribution is 2.20. The molecule has 1 aliphatic rings. The number of aliphatic hydroxyl groups excluding tert-OH is 1. The first kappa shape index (κ1) is 15.5. The largest absolute Gasteiger partial charge is 0.387 e. The molecule has 1 fully saturated rings. The maximum absolute atomic E-state index is 10.2. The summed E-state index contributed by atoms with van der Waals surface area (Å²) in [5.74, 6) is 0.766. The highest BCUT2D eigenvalue weighted by atomic mass is 16.5. The summed E-state index contributed by atoms with van der Waals surface area (Å²) in [5.41, 5.74) is 2.19. The number of benzene rings is 1. The van der Waals surface area contributed by atoms with Gasteiger partial charge in [0.15, 0.2) is 0 Å². The first-order valence-corrected chi connectivity index (χ1v) is 7.71. The molecule has 0 radical (unpaired) electrons. The lowest BCUT2D eigenvalue weighted by Crippen LogP contribution is -2.33. The number of nitrogens with one attached hydrogen (secondary N) is 1. The molecular weight excluding hydrogens is 250 g/mol. The predicted molar refractivity (Wildman–Crippen MR) is 81.8 cm³/mol. The van der Waals surface area contributed by atoms with Crippen LogP contribution in [0.15, 0.2) is 24.3 Å². The van der Waals surface area contributed by atoms with Crippen LogP contribution in [-0.4, -0.2) is 30.9 Å². The van der Waals surface area contributed by atoms with Gasteiger partial charge in [-0.15, -0.1) is 0 Å². The van der Waals surface area contributed by atoms with Crippen molar-refractivity contribution in [3.05, 3.63) is 35.4 Å². The van der Waals surface area contributed by atoms with Gasteiger partial charge in [0.05, 0.1) is 6.10 Å². The van der Waals surface area contributed by atoms with E-state index in [0.29, 0.717) is 12.6 Å². The number of ether oxygens (including phenoxy) is 1. The monoisotopic (exact) mass is 277 g/mol. The average Bonchev–Trinajstić information content (AvgIpc) is 2.46. The molecule has 0 aromatic heterocycles. The molecule has 2 N–H and O–H groups in total. The lowest BCUT2D eigenvalue weighted by molar-refractivity contribution is 0.0604. The molecule has 0 bridgehead atoms. The van der Waals surface area contributed by atoms with E-state index in [1.165, 1.54) is 24.8 Å². The van der Waals surface area contributed by atoms with Gasteiger partial charge in [-0.3, -0.25) is 0 Å². The van der Waals surface area contributed by atoms with Gasteiger partial charge in [-0.05, 0) is 44.6 Å². The average molecular weight is 277 g/mol. The Morgan fingerprint density at radius 2 is 2.10 bits per heavy atom. The smallest absolute Gasteiger partial charge is 0.0914 e. The van der Waals surface area contributed by atoms with E-state index in [1.807, 2.05) is 12.1 Å². The fourth-order valence-electron chi connectivity index (χ4n) is 2.87. The van der Waals surface area contributed by atoms with E-state index in [-0.39, 0.29) is 0 Å². The third-order valence-corrected chi connectivity index (χ3v) is 4.11. The van der Waals surface area contributed by atoms with Gasteiger partial charge in [-0.1, -0.05) is 29.8 Å². The first-order chi connectivity index (χ1) is 9.65. The SMILES string of the molecule is Cc1cccc([C@@H](O)CN[C@@H](C)CC2CCOCC2)c1. The van der Waals surface area contributed by atoms with Crippen molar-refractivity contribution in [2.45, 2.75) is 45.3 Å². The minimum atomic E-state index is -0.424. The van der Waals surface area contributed by atoms with Crippen LogP contribution >= 0.6 is 0 Å². The van der Waals surface area contributed by atoms with Crippen molar-refractivity contribution in [3.63, 3.8) is 0 Å².